The molecule has 6 aromatic heterocycles. The molecule has 0 fully saturated rings. The van der Waals surface area contributed by atoms with Crippen molar-refractivity contribution in [3.05, 3.63) is 108 Å². The fourth-order valence-corrected chi connectivity index (χ4v) is 7.96. The Hall–Kier alpha value is -7.02. The Bertz CT molecular complexity index is 2730. The second-order valence-electron chi connectivity index (χ2n) is 12.7. The van der Waals surface area contributed by atoms with Crippen LogP contribution in [0.2, 0.25) is 0 Å². The summed E-state index contributed by atoms with van der Waals surface area (Å²) in [5, 5.41) is 28.9. The summed E-state index contributed by atoms with van der Waals surface area (Å²) >= 11 is 3.99. The Morgan fingerprint density at radius 2 is 0.579 bits per heavy atom. The topological polar surface area (TPSA) is 194 Å². The first-order valence-electron chi connectivity index (χ1n) is 17.3. The van der Waals surface area contributed by atoms with Gasteiger partial charge in [-0.15, -0.1) is 30.6 Å². The first kappa shape index (κ1) is 34.5. The van der Waals surface area contributed by atoms with Crippen LogP contribution in [-0.4, -0.2) is 58.7 Å². The third-order valence-electron chi connectivity index (χ3n) is 8.60. The summed E-state index contributed by atoms with van der Waals surface area (Å²) in [7, 11) is 0. The van der Waals surface area contributed by atoms with Gasteiger partial charge in [-0.2, -0.15) is 13.1 Å². The van der Waals surface area contributed by atoms with Gasteiger partial charge >= 0.3 is 0 Å². The predicted octanol–water partition coefficient (Wildman–Crippen LogP) is 9.32. The van der Waals surface area contributed by atoms with E-state index in [4.69, 9.17) is 13.3 Å². The van der Waals surface area contributed by atoms with E-state index in [0.29, 0.717) is 51.8 Å². The van der Waals surface area contributed by atoms with E-state index >= 15 is 0 Å². The van der Waals surface area contributed by atoms with Gasteiger partial charge < -0.3 is 13.3 Å². The van der Waals surface area contributed by atoms with Crippen molar-refractivity contribution in [2.75, 3.05) is 0 Å². The minimum Gasteiger partial charge on any atom is -0.416 e. The van der Waals surface area contributed by atoms with Crippen molar-refractivity contribution in [2.45, 2.75) is 20.8 Å². The average molecular weight is 805 g/mol. The Kier molecular flexibility index (Phi) is 8.61. The van der Waals surface area contributed by atoms with Gasteiger partial charge in [0.05, 0.1) is 0 Å². The summed E-state index contributed by atoms with van der Waals surface area (Å²) < 4.78 is 31.8. The van der Waals surface area contributed by atoms with Crippen LogP contribution in [0.3, 0.4) is 0 Å². The molecule has 276 valence electrons. The maximum absolute atomic E-state index is 6.29. The van der Waals surface area contributed by atoms with Crippen LogP contribution in [0.1, 0.15) is 17.5 Å². The molecule has 0 aliphatic rings. The number of aromatic nitrogens is 12. The van der Waals surface area contributed by atoms with E-state index in [1.54, 1.807) is 0 Å². The van der Waals surface area contributed by atoms with Crippen molar-refractivity contribution in [1.29, 1.82) is 0 Å². The Balaban J connectivity index is 1.03. The fourth-order valence-electron chi connectivity index (χ4n) is 5.97. The van der Waals surface area contributed by atoms with Crippen molar-refractivity contribution in [3.8, 4) is 100 Å². The van der Waals surface area contributed by atoms with Crippen LogP contribution in [0.15, 0.2) is 104 Å². The Labute approximate surface area is 334 Å². The number of aryl methyl sites for hydroxylation is 3. The molecule has 0 atom stereocenters. The van der Waals surface area contributed by atoms with Crippen molar-refractivity contribution < 1.29 is 13.3 Å². The maximum atomic E-state index is 6.29. The second kappa shape index (κ2) is 14.2. The molecule has 57 heavy (non-hydrogen) atoms. The molecular formula is C39H24N12O3S3. The van der Waals surface area contributed by atoms with Crippen LogP contribution in [0.5, 0.6) is 0 Å². The highest BCUT2D eigenvalue weighted by Crippen LogP contribution is 2.36. The molecule has 0 saturated carbocycles. The molecule has 6 heterocycles. The van der Waals surface area contributed by atoms with Gasteiger partial charge in [0.2, 0.25) is 35.3 Å². The molecule has 0 unspecified atom stereocenters. The monoisotopic (exact) mass is 804 g/mol. The molecule has 4 aromatic carbocycles. The highest BCUT2D eigenvalue weighted by Gasteiger charge is 2.21. The van der Waals surface area contributed by atoms with E-state index in [1.165, 1.54) is 34.6 Å². The van der Waals surface area contributed by atoms with E-state index in [9.17, 15) is 0 Å². The Morgan fingerprint density at radius 1 is 0.333 bits per heavy atom. The van der Waals surface area contributed by atoms with Crippen LogP contribution in [0, 0.1) is 20.8 Å². The zero-order valence-electron chi connectivity index (χ0n) is 30.0. The lowest BCUT2D eigenvalue weighted by Gasteiger charge is -2.04. The number of benzene rings is 4. The highest BCUT2D eigenvalue weighted by atomic mass is 32.1. The predicted molar refractivity (Wildman–Crippen MR) is 214 cm³/mol. The van der Waals surface area contributed by atoms with Gasteiger partial charge in [0.15, 0.2) is 0 Å². The average Bonchev–Trinajstić information content (AvgIpc) is 4.10. The molecule has 0 saturated heterocycles. The summed E-state index contributed by atoms with van der Waals surface area (Å²) in [5.41, 5.74) is 6.59. The molecule has 10 rings (SSSR count). The van der Waals surface area contributed by atoms with Crippen molar-refractivity contribution in [2.24, 2.45) is 0 Å². The van der Waals surface area contributed by atoms with Crippen LogP contribution in [0.4, 0.5) is 0 Å². The van der Waals surface area contributed by atoms with Crippen molar-refractivity contribution in [3.63, 3.8) is 0 Å². The number of nitrogens with zero attached hydrogens (tertiary/aromatic N) is 12. The van der Waals surface area contributed by atoms with Gasteiger partial charge in [-0.3, -0.25) is 0 Å². The standard InChI is InChI=1S/C39H24N12O3S3/c1-19-40-37(55-49-19)25-10-4-7-22(13-25)31-43-46-34(52-31)28-16-29(35-47-44-32(53-35)23-8-5-11-26(14-23)38-41-20(2)50-56-38)18-30(17-28)36-48-45-33(54-36)24-9-6-12-27(15-24)39-42-21(3)51-57-39/h4-18H,1-3H3. The lowest BCUT2D eigenvalue weighted by Crippen LogP contribution is -1.87. The smallest absolute Gasteiger partial charge is 0.248 e. The van der Waals surface area contributed by atoms with Crippen LogP contribution < -0.4 is 0 Å². The van der Waals surface area contributed by atoms with E-state index in [-0.39, 0.29) is 17.7 Å². The second-order valence-corrected chi connectivity index (χ2v) is 15.0. The SMILES string of the molecule is Cc1nsc(-c2cccc(-c3nnc(-c4cc(-c5nnc(-c6cccc(-c7nc(C)ns7)c6)o5)cc(-c5nnc(-c6cccc(-c7nc(C)ns7)c6)o5)c4)o3)c2)n1. The highest BCUT2D eigenvalue weighted by molar-refractivity contribution is 7.09. The summed E-state index contributed by atoms with van der Waals surface area (Å²) in [5.74, 6) is 3.90. The van der Waals surface area contributed by atoms with Gasteiger partial charge in [0, 0.05) is 50.1 Å². The minimum absolute atomic E-state index is 0.254. The zero-order chi connectivity index (χ0) is 38.5. The molecule has 10 aromatic rings. The van der Waals surface area contributed by atoms with Gasteiger partial charge in [0.25, 0.3) is 0 Å². The van der Waals surface area contributed by atoms with Gasteiger partial charge in [0.1, 0.15) is 32.5 Å². The Morgan fingerprint density at radius 3 is 0.842 bits per heavy atom. The van der Waals surface area contributed by atoms with Crippen LogP contribution in [0.25, 0.3) is 100 Å². The molecule has 0 amide bonds. The lowest BCUT2D eigenvalue weighted by molar-refractivity contribution is 0.580. The minimum atomic E-state index is 0.254. The third kappa shape index (κ3) is 6.92. The zero-order valence-corrected chi connectivity index (χ0v) is 32.4. The molecular weight excluding hydrogens is 781 g/mol. The quantitative estimate of drug-likeness (QED) is 0.134. The largest absolute Gasteiger partial charge is 0.416 e. The fraction of sp³-hybridized carbons (Fsp3) is 0.0769. The van der Waals surface area contributed by atoms with Gasteiger partial charge in [-0.25, -0.2) is 15.0 Å². The van der Waals surface area contributed by atoms with Crippen molar-refractivity contribution >= 4 is 34.6 Å². The lowest BCUT2D eigenvalue weighted by atomic mass is 10.1. The molecule has 0 aliphatic heterocycles. The molecule has 0 radical (unpaired) electrons. The molecule has 15 nitrogen and oxygen atoms in total. The van der Waals surface area contributed by atoms with Crippen LogP contribution >= 0.6 is 34.6 Å². The van der Waals surface area contributed by atoms with E-state index in [2.05, 4.69) is 58.7 Å². The van der Waals surface area contributed by atoms with E-state index in [1.807, 2.05) is 112 Å². The summed E-state index contributed by atoms with van der Waals surface area (Å²) in [6.07, 6.45) is 0. The molecule has 0 bridgehead atoms. The molecule has 0 aliphatic carbocycles. The summed E-state index contributed by atoms with van der Waals surface area (Å²) in [6.45, 7) is 5.59. The number of hydrogen-bond donors (Lipinski definition) is 0. The number of rotatable bonds is 9. The normalized spacial score (nSPS) is 11.4. The van der Waals surface area contributed by atoms with E-state index < -0.39 is 0 Å². The third-order valence-corrected chi connectivity index (χ3v) is 11.2. The van der Waals surface area contributed by atoms with Crippen molar-refractivity contribution in [1.82, 2.24) is 58.7 Å². The molecule has 18 heteroatoms. The van der Waals surface area contributed by atoms with Gasteiger partial charge in [-0.05, 0) is 110 Å². The molecule has 0 N–H and O–H groups in total. The van der Waals surface area contributed by atoms with Gasteiger partial charge in [-0.1, -0.05) is 36.4 Å². The first-order valence-corrected chi connectivity index (χ1v) is 19.6. The van der Waals surface area contributed by atoms with E-state index in [0.717, 1.165) is 48.4 Å². The summed E-state index contributed by atoms with van der Waals surface area (Å²) in [4.78, 5) is 13.6. The summed E-state index contributed by atoms with van der Waals surface area (Å²) in [6, 6.07) is 28.7. The first-order chi connectivity index (χ1) is 27.9. The maximum Gasteiger partial charge on any atom is 0.248 e. The van der Waals surface area contributed by atoms with Crippen LogP contribution in [-0.2, 0) is 0 Å². The number of hydrogen-bond acceptors (Lipinski definition) is 18. The molecule has 0 spiro atoms.